The van der Waals surface area contributed by atoms with Crippen LogP contribution >= 0.6 is 0 Å². The number of benzene rings is 2. The van der Waals surface area contributed by atoms with Crippen LogP contribution in [-0.4, -0.2) is 29.7 Å². The van der Waals surface area contributed by atoms with Gasteiger partial charge in [-0.05, 0) is 48.8 Å². The first-order valence-corrected chi connectivity index (χ1v) is 9.22. The van der Waals surface area contributed by atoms with Gasteiger partial charge in [0.25, 0.3) is 0 Å². The van der Waals surface area contributed by atoms with Gasteiger partial charge in [-0.1, -0.05) is 54.6 Å². The highest BCUT2D eigenvalue weighted by Crippen LogP contribution is 2.39. The fourth-order valence-electron chi connectivity index (χ4n) is 3.55. The lowest BCUT2D eigenvalue weighted by atomic mass is 9.93. The Morgan fingerprint density at radius 3 is 2.58 bits per heavy atom. The molecular formula is C22H28N2O2. The maximum atomic E-state index is 9.43. The molecule has 1 saturated carbocycles. The zero-order valence-electron chi connectivity index (χ0n) is 15.4. The van der Waals surface area contributed by atoms with Crippen molar-refractivity contribution in [1.29, 1.82) is 0 Å². The quantitative estimate of drug-likeness (QED) is 0.591. The second kappa shape index (κ2) is 8.58. The summed E-state index contributed by atoms with van der Waals surface area (Å²) in [6.07, 6.45) is 2.77. The molecule has 3 N–H and O–H groups in total. The van der Waals surface area contributed by atoms with Crippen molar-refractivity contribution >= 4 is 5.71 Å². The van der Waals surface area contributed by atoms with Crippen molar-refractivity contribution in [2.24, 2.45) is 10.7 Å². The Hall–Kier alpha value is -2.01. The monoisotopic (exact) mass is 352 g/mol. The van der Waals surface area contributed by atoms with Crippen molar-refractivity contribution in [3.05, 3.63) is 71.3 Å². The number of ether oxygens (including phenoxy) is 1. The van der Waals surface area contributed by atoms with Gasteiger partial charge in [-0.2, -0.15) is 0 Å². The molecule has 0 saturated heterocycles. The molecule has 0 aliphatic heterocycles. The first-order chi connectivity index (χ1) is 12.6. The highest BCUT2D eigenvalue weighted by Gasteiger charge is 2.35. The predicted molar refractivity (Wildman–Crippen MR) is 105 cm³/mol. The van der Waals surface area contributed by atoms with Gasteiger partial charge in [-0.25, -0.2) is 0 Å². The standard InChI is InChI=1S/C22H28N2O2/c1-17(24-16-26-14-18-5-3-2-4-6-18)19-7-9-20(10-8-19)21-11-12-22(23,13-21)15-25/h2-10,21,25H,11-16,23H2,1H3/b24-17+/t21-,22-/m1/s1. The van der Waals surface area contributed by atoms with Crippen LogP contribution in [0.3, 0.4) is 0 Å². The molecule has 2 aromatic carbocycles. The Bertz CT molecular complexity index is 728. The number of hydrogen-bond donors (Lipinski definition) is 2. The third-order valence-corrected chi connectivity index (χ3v) is 5.26. The molecule has 3 rings (SSSR count). The summed E-state index contributed by atoms with van der Waals surface area (Å²) in [5.41, 5.74) is 10.3. The fraction of sp³-hybridized carbons (Fsp3) is 0.409. The number of rotatable bonds is 7. The number of aliphatic hydroxyl groups is 1. The summed E-state index contributed by atoms with van der Waals surface area (Å²) in [6, 6.07) is 18.7. The Labute approximate surface area is 155 Å². The lowest BCUT2D eigenvalue weighted by molar-refractivity contribution is 0.129. The van der Waals surface area contributed by atoms with Gasteiger partial charge in [0, 0.05) is 11.3 Å². The summed E-state index contributed by atoms with van der Waals surface area (Å²) >= 11 is 0. The van der Waals surface area contributed by atoms with Crippen molar-refractivity contribution in [2.75, 3.05) is 13.3 Å². The maximum Gasteiger partial charge on any atom is 0.138 e. The van der Waals surface area contributed by atoms with Gasteiger partial charge >= 0.3 is 0 Å². The molecule has 0 radical (unpaired) electrons. The highest BCUT2D eigenvalue weighted by atomic mass is 16.5. The van der Waals surface area contributed by atoms with E-state index in [1.165, 1.54) is 5.56 Å². The maximum absolute atomic E-state index is 9.43. The minimum Gasteiger partial charge on any atom is -0.394 e. The number of aliphatic imine (C=N–C) groups is 1. The molecule has 26 heavy (non-hydrogen) atoms. The Morgan fingerprint density at radius 2 is 1.92 bits per heavy atom. The normalized spacial score (nSPS) is 23.3. The average Bonchev–Trinajstić information content (AvgIpc) is 3.09. The second-order valence-corrected chi connectivity index (χ2v) is 7.29. The fourth-order valence-corrected chi connectivity index (χ4v) is 3.55. The minimum absolute atomic E-state index is 0.0658. The SMILES string of the molecule is C/C(=N\COCc1ccccc1)c1ccc([C@@H]2CC[C@](N)(CO)C2)cc1. The van der Waals surface area contributed by atoms with E-state index in [1.54, 1.807) is 0 Å². The number of aliphatic hydroxyl groups excluding tert-OH is 1. The molecule has 138 valence electrons. The second-order valence-electron chi connectivity index (χ2n) is 7.29. The van der Waals surface area contributed by atoms with Gasteiger partial charge in [-0.15, -0.1) is 0 Å². The van der Waals surface area contributed by atoms with E-state index in [1.807, 2.05) is 37.3 Å². The highest BCUT2D eigenvalue weighted by molar-refractivity contribution is 5.98. The van der Waals surface area contributed by atoms with Gasteiger partial charge in [-0.3, -0.25) is 4.99 Å². The lowest BCUT2D eigenvalue weighted by Crippen LogP contribution is -2.40. The number of hydrogen-bond acceptors (Lipinski definition) is 4. The van der Waals surface area contributed by atoms with E-state index in [0.717, 1.165) is 36.1 Å². The predicted octanol–water partition coefficient (Wildman–Crippen LogP) is 3.63. The topological polar surface area (TPSA) is 67.8 Å². The summed E-state index contributed by atoms with van der Waals surface area (Å²) in [4.78, 5) is 4.51. The molecule has 1 aliphatic rings. The van der Waals surface area contributed by atoms with E-state index in [-0.39, 0.29) is 6.61 Å². The van der Waals surface area contributed by atoms with Gasteiger partial charge in [0.05, 0.1) is 13.2 Å². The zero-order valence-corrected chi connectivity index (χ0v) is 15.4. The molecule has 1 aliphatic carbocycles. The molecule has 4 heteroatoms. The number of nitrogens with two attached hydrogens (primary N) is 1. The summed E-state index contributed by atoms with van der Waals surface area (Å²) < 4.78 is 5.63. The number of nitrogens with zero attached hydrogens (tertiary/aromatic N) is 1. The lowest BCUT2D eigenvalue weighted by Gasteiger charge is -2.21. The van der Waals surface area contributed by atoms with E-state index in [0.29, 0.717) is 19.3 Å². The van der Waals surface area contributed by atoms with Crippen LogP contribution in [0, 0.1) is 0 Å². The van der Waals surface area contributed by atoms with Gasteiger partial charge in [0.15, 0.2) is 0 Å². The summed E-state index contributed by atoms with van der Waals surface area (Å²) in [5, 5.41) is 9.43. The molecule has 0 heterocycles. The Morgan fingerprint density at radius 1 is 1.19 bits per heavy atom. The van der Waals surface area contributed by atoms with Crippen molar-refractivity contribution in [2.45, 2.75) is 44.2 Å². The van der Waals surface area contributed by atoms with Crippen molar-refractivity contribution < 1.29 is 9.84 Å². The molecule has 0 aromatic heterocycles. The molecule has 0 spiro atoms. The summed E-state index contributed by atoms with van der Waals surface area (Å²) in [5.74, 6) is 0.438. The molecule has 4 nitrogen and oxygen atoms in total. The van der Waals surface area contributed by atoms with Gasteiger partial charge < -0.3 is 15.6 Å². The third-order valence-electron chi connectivity index (χ3n) is 5.26. The van der Waals surface area contributed by atoms with E-state index in [2.05, 4.69) is 29.3 Å². The van der Waals surface area contributed by atoms with E-state index in [9.17, 15) is 5.11 Å². The smallest absolute Gasteiger partial charge is 0.138 e. The van der Waals surface area contributed by atoms with Crippen LogP contribution in [0.2, 0.25) is 0 Å². The first kappa shape index (κ1) is 18.8. The van der Waals surface area contributed by atoms with Crippen LogP contribution in [0.5, 0.6) is 0 Å². The van der Waals surface area contributed by atoms with E-state index >= 15 is 0 Å². The largest absolute Gasteiger partial charge is 0.394 e. The van der Waals surface area contributed by atoms with Crippen molar-refractivity contribution in [3.8, 4) is 0 Å². The molecule has 0 amide bonds. The van der Waals surface area contributed by atoms with E-state index < -0.39 is 5.54 Å². The Balaban J connectivity index is 1.53. The molecule has 1 fully saturated rings. The molecule has 2 atom stereocenters. The van der Waals surface area contributed by atoms with Crippen LogP contribution in [-0.2, 0) is 11.3 Å². The minimum atomic E-state index is -0.406. The zero-order chi connectivity index (χ0) is 18.4. The van der Waals surface area contributed by atoms with Crippen LogP contribution in [0.4, 0.5) is 0 Å². The molecular weight excluding hydrogens is 324 g/mol. The summed E-state index contributed by atoms with van der Waals surface area (Å²) in [7, 11) is 0. The van der Waals surface area contributed by atoms with Crippen LogP contribution in [0.15, 0.2) is 59.6 Å². The van der Waals surface area contributed by atoms with E-state index in [4.69, 9.17) is 10.5 Å². The van der Waals surface area contributed by atoms with Crippen LogP contribution in [0.1, 0.15) is 48.8 Å². The van der Waals surface area contributed by atoms with Gasteiger partial charge in [0.1, 0.15) is 6.73 Å². The molecule has 0 unspecified atom stereocenters. The van der Waals surface area contributed by atoms with Crippen molar-refractivity contribution in [1.82, 2.24) is 0 Å². The molecule has 0 bridgehead atoms. The third kappa shape index (κ3) is 4.79. The average molecular weight is 352 g/mol. The molecule has 2 aromatic rings. The first-order valence-electron chi connectivity index (χ1n) is 9.22. The van der Waals surface area contributed by atoms with Gasteiger partial charge in [0.2, 0.25) is 0 Å². The summed E-state index contributed by atoms with van der Waals surface area (Å²) in [6.45, 7) is 3.00. The Kier molecular flexibility index (Phi) is 6.20. The van der Waals surface area contributed by atoms with Crippen LogP contribution < -0.4 is 5.73 Å². The van der Waals surface area contributed by atoms with Crippen molar-refractivity contribution in [3.63, 3.8) is 0 Å². The van der Waals surface area contributed by atoms with Crippen LogP contribution in [0.25, 0.3) is 0 Å².